The van der Waals surface area contributed by atoms with Crippen LogP contribution in [0.25, 0.3) is 0 Å². The van der Waals surface area contributed by atoms with E-state index in [1.807, 2.05) is 0 Å². The Morgan fingerprint density at radius 2 is 1.76 bits per heavy atom. The van der Waals surface area contributed by atoms with Gasteiger partial charge in [-0.15, -0.1) is 0 Å². The Morgan fingerprint density at radius 3 is 2.45 bits per heavy atom. The van der Waals surface area contributed by atoms with Gasteiger partial charge in [0.25, 0.3) is 17.3 Å². The molecule has 11 nitrogen and oxygen atoms in total. The Labute approximate surface area is 165 Å². The molecule has 0 aromatic heterocycles. The molecule has 11 heteroatoms. The van der Waals surface area contributed by atoms with E-state index in [1.54, 1.807) is 6.07 Å². The highest BCUT2D eigenvalue weighted by atomic mass is 16.6. The van der Waals surface area contributed by atoms with E-state index in [0.717, 1.165) is 37.9 Å². The highest BCUT2D eigenvalue weighted by Crippen LogP contribution is 2.24. The lowest BCUT2D eigenvalue weighted by molar-refractivity contribution is -0.385. The zero-order valence-corrected chi connectivity index (χ0v) is 15.3. The summed E-state index contributed by atoms with van der Waals surface area (Å²) >= 11 is 0. The van der Waals surface area contributed by atoms with Crippen molar-refractivity contribution in [1.29, 1.82) is 0 Å². The highest BCUT2D eigenvalue weighted by Gasteiger charge is 2.17. The first kappa shape index (κ1) is 19.9. The molecule has 2 N–H and O–H groups in total. The van der Waals surface area contributed by atoms with Crippen LogP contribution in [0.5, 0.6) is 0 Å². The van der Waals surface area contributed by atoms with Gasteiger partial charge < -0.3 is 10.2 Å². The second-order valence-electron chi connectivity index (χ2n) is 6.24. The van der Waals surface area contributed by atoms with Crippen molar-refractivity contribution in [3.63, 3.8) is 0 Å². The van der Waals surface area contributed by atoms with Crippen LogP contribution in [0.1, 0.15) is 15.9 Å². The monoisotopic (exact) mass is 398 g/mol. The third-order valence-corrected chi connectivity index (χ3v) is 4.37. The molecule has 2 aromatic rings. The number of rotatable bonds is 6. The fraction of sp³-hybridized carbons (Fsp3) is 0.222. The minimum absolute atomic E-state index is 0.0812. The van der Waals surface area contributed by atoms with Crippen molar-refractivity contribution in [2.45, 2.75) is 0 Å². The molecule has 1 amide bonds. The third-order valence-electron chi connectivity index (χ3n) is 4.37. The summed E-state index contributed by atoms with van der Waals surface area (Å²) in [5.74, 6) is -0.626. The van der Waals surface area contributed by atoms with E-state index in [-0.39, 0.29) is 16.9 Å². The van der Waals surface area contributed by atoms with Crippen LogP contribution in [0.4, 0.5) is 17.1 Å². The van der Waals surface area contributed by atoms with E-state index in [2.05, 4.69) is 20.7 Å². The zero-order valence-electron chi connectivity index (χ0n) is 15.3. The minimum atomic E-state index is -0.626. The number of carbonyl (C=O) groups is 1. The molecule has 150 valence electrons. The second-order valence-corrected chi connectivity index (χ2v) is 6.24. The molecule has 1 heterocycles. The Balaban J connectivity index is 1.80. The van der Waals surface area contributed by atoms with Crippen molar-refractivity contribution in [2.24, 2.45) is 5.10 Å². The lowest BCUT2D eigenvalue weighted by Crippen LogP contribution is -2.43. The van der Waals surface area contributed by atoms with Gasteiger partial charge in [0.05, 0.1) is 16.1 Å². The largest absolute Gasteiger partial charge is 0.368 e. The zero-order chi connectivity index (χ0) is 20.8. The molecule has 1 fully saturated rings. The average molecular weight is 398 g/mol. The lowest BCUT2D eigenvalue weighted by Gasteiger charge is -2.30. The molecule has 1 aliphatic rings. The number of benzene rings is 2. The van der Waals surface area contributed by atoms with Crippen LogP contribution in [0.3, 0.4) is 0 Å². The Hall–Kier alpha value is -3.86. The summed E-state index contributed by atoms with van der Waals surface area (Å²) in [5, 5.41) is 29.1. The first-order valence-electron chi connectivity index (χ1n) is 8.77. The topological polar surface area (TPSA) is 143 Å². The van der Waals surface area contributed by atoms with Crippen LogP contribution in [0.2, 0.25) is 0 Å². The summed E-state index contributed by atoms with van der Waals surface area (Å²) < 4.78 is 0. The number of nitrogens with zero attached hydrogens (tertiary/aromatic N) is 4. The Morgan fingerprint density at radius 1 is 1.07 bits per heavy atom. The van der Waals surface area contributed by atoms with E-state index >= 15 is 0 Å². The number of nitrogens with one attached hydrogen (secondary N) is 2. The first-order valence-corrected chi connectivity index (χ1v) is 8.77. The van der Waals surface area contributed by atoms with Gasteiger partial charge in [0.2, 0.25) is 0 Å². The van der Waals surface area contributed by atoms with E-state index in [4.69, 9.17) is 0 Å². The van der Waals surface area contributed by atoms with Gasteiger partial charge in [-0.1, -0.05) is 6.07 Å². The van der Waals surface area contributed by atoms with Gasteiger partial charge in [0.1, 0.15) is 0 Å². The Kier molecular flexibility index (Phi) is 6.09. The smallest absolute Gasteiger partial charge is 0.271 e. The number of nitro benzene ring substituents is 2. The molecule has 0 radical (unpaired) electrons. The molecule has 0 unspecified atom stereocenters. The van der Waals surface area contributed by atoms with Gasteiger partial charge >= 0.3 is 0 Å². The van der Waals surface area contributed by atoms with Gasteiger partial charge in [-0.25, -0.2) is 5.43 Å². The standard InChI is InChI=1S/C18H18N6O5/c25-18(13-2-1-3-15(10-13)23(26)27)21-20-12-14-11-16(24(28)29)4-5-17(14)22-8-6-19-7-9-22/h1-5,10-12,19H,6-9H2,(H,21,25)/b20-12-. The molecule has 29 heavy (non-hydrogen) atoms. The van der Waals surface area contributed by atoms with Crippen LogP contribution >= 0.6 is 0 Å². The molecular formula is C18H18N6O5. The SMILES string of the molecule is O=C(N/N=C\c1cc([N+](=O)[O-])ccc1N1CCNCC1)c1cccc([N+](=O)[O-])c1. The van der Waals surface area contributed by atoms with Crippen LogP contribution in [-0.4, -0.2) is 48.1 Å². The molecule has 1 aliphatic heterocycles. The predicted molar refractivity (Wildman–Crippen MR) is 106 cm³/mol. The summed E-state index contributed by atoms with van der Waals surface area (Å²) in [6, 6.07) is 9.73. The summed E-state index contributed by atoms with van der Waals surface area (Å²) in [4.78, 5) is 35.1. The summed E-state index contributed by atoms with van der Waals surface area (Å²) in [6.07, 6.45) is 1.33. The van der Waals surface area contributed by atoms with Gasteiger partial charge in [-0.3, -0.25) is 25.0 Å². The number of hydrogen-bond acceptors (Lipinski definition) is 8. The molecule has 0 atom stereocenters. The molecule has 2 aromatic carbocycles. The van der Waals surface area contributed by atoms with Crippen molar-refractivity contribution in [3.05, 3.63) is 73.8 Å². The van der Waals surface area contributed by atoms with Crippen molar-refractivity contribution in [2.75, 3.05) is 31.1 Å². The summed E-state index contributed by atoms with van der Waals surface area (Å²) in [6.45, 7) is 3.05. The third kappa shape index (κ3) is 4.90. The maximum atomic E-state index is 12.2. The molecule has 0 bridgehead atoms. The number of hydrazone groups is 1. The quantitative estimate of drug-likeness (QED) is 0.428. The van der Waals surface area contributed by atoms with E-state index < -0.39 is 15.8 Å². The van der Waals surface area contributed by atoms with Crippen molar-refractivity contribution in [3.8, 4) is 0 Å². The first-order chi connectivity index (χ1) is 14.0. The van der Waals surface area contributed by atoms with Crippen LogP contribution < -0.4 is 15.6 Å². The van der Waals surface area contributed by atoms with Crippen molar-refractivity contribution in [1.82, 2.24) is 10.7 Å². The fourth-order valence-electron chi connectivity index (χ4n) is 2.94. The number of non-ortho nitro benzene ring substituents is 2. The van der Waals surface area contributed by atoms with Crippen LogP contribution in [-0.2, 0) is 0 Å². The second kappa shape index (κ2) is 8.89. The Bertz CT molecular complexity index is 971. The predicted octanol–water partition coefficient (Wildman–Crippen LogP) is 1.68. The van der Waals surface area contributed by atoms with Crippen LogP contribution in [0.15, 0.2) is 47.6 Å². The maximum Gasteiger partial charge on any atom is 0.271 e. The molecule has 0 spiro atoms. The maximum absolute atomic E-state index is 12.2. The minimum Gasteiger partial charge on any atom is -0.368 e. The van der Waals surface area contributed by atoms with Gasteiger partial charge in [0, 0.05) is 67.3 Å². The van der Waals surface area contributed by atoms with Gasteiger partial charge in [-0.2, -0.15) is 5.10 Å². The van der Waals surface area contributed by atoms with E-state index in [9.17, 15) is 25.0 Å². The molecule has 1 saturated heterocycles. The highest BCUT2D eigenvalue weighted by molar-refractivity contribution is 5.96. The number of anilines is 1. The summed E-state index contributed by atoms with van der Waals surface area (Å²) in [5.41, 5.74) is 3.34. The van der Waals surface area contributed by atoms with E-state index in [0.29, 0.717) is 5.56 Å². The average Bonchev–Trinajstić information content (AvgIpc) is 2.74. The normalized spacial score (nSPS) is 14.0. The van der Waals surface area contributed by atoms with Gasteiger partial charge in [0.15, 0.2) is 0 Å². The molecule has 0 aliphatic carbocycles. The molecular weight excluding hydrogens is 380 g/mol. The fourth-order valence-corrected chi connectivity index (χ4v) is 2.94. The number of piperazine rings is 1. The number of amides is 1. The van der Waals surface area contributed by atoms with Crippen molar-refractivity contribution < 1.29 is 14.6 Å². The summed E-state index contributed by atoms with van der Waals surface area (Å²) in [7, 11) is 0. The van der Waals surface area contributed by atoms with Crippen molar-refractivity contribution >= 4 is 29.2 Å². The molecule has 0 saturated carbocycles. The number of hydrogen-bond donors (Lipinski definition) is 2. The van der Waals surface area contributed by atoms with Gasteiger partial charge in [-0.05, 0) is 12.1 Å². The van der Waals surface area contributed by atoms with E-state index in [1.165, 1.54) is 36.5 Å². The number of nitro groups is 2. The van der Waals surface area contributed by atoms with Crippen LogP contribution in [0, 0.1) is 20.2 Å². The lowest BCUT2D eigenvalue weighted by atomic mass is 10.1. The molecule has 3 rings (SSSR count). The number of carbonyl (C=O) groups excluding carboxylic acids is 1.